The van der Waals surface area contributed by atoms with Crippen molar-refractivity contribution in [1.82, 2.24) is 4.90 Å². The number of phenols is 1. The highest BCUT2D eigenvalue weighted by atomic mass is 32.2. The van der Waals surface area contributed by atoms with Crippen molar-refractivity contribution in [2.75, 3.05) is 25.4 Å². The van der Waals surface area contributed by atoms with Crippen molar-refractivity contribution < 1.29 is 9.32 Å². The average molecular weight is 267 g/mol. The standard InChI is InChI=1S/C14H21NO2S/c16-13-5-7-14(8-6-13)18(17)12-4-11-15-9-2-1-3-10-15/h5-8,16H,1-4,9-12H2. The Hall–Kier alpha value is -0.870. The minimum atomic E-state index is -0.934. The number of nitrogens with zero attached hydrogens (tertiary/aromatic N) is 1. The van der Waals surface area contributed by atoms with Crippen LogP contribution in [-0.2, 0) is 10.8 Å². The SMILES string of the molecule is O=S(CCCN1CCCCC1)c1ccc(O)cc1. The van der Waals surface area contributed by atoms with Crippen LogP contribution in [0.5, 0.6) is 5.75 Å². The van der Waals surface area contributed by atoms with Gasteiger partial charge in [0.1, 0.15) is 5.75 Å². The summed E-state index contributed by atoms with van der Waals surface area (Å²) in [4.78, 5) is 3.28. The van der Waals surface area contributed by atoms with Gasteiger partial charge in [-0.1, -0.05) is 6.42 Å². The number of phenolic OH excluding ortho intramolecular Hbond substituents is 1. The summed E-state index contributed by atoms with van der Waals surface area (Å²) >= 11 is 0. The van der Waals surface area contributed by atoms with Gasteiger partial charge < -0.3 is 10.0 Å². The fourth-order valence-corrected chi connectivity index (χ4v) is 3.38. The number of rotatable bonds is 5. The highest BCUT2D eigenvalue weighted by Gasteiger charge is 2.10. The van der Waals surface area contributed by atoms with Gasteiger partial charge in [-0.15, -0.1) is 0 Å². The highest BCUT2D eigenvalue weighted by Crippen LogP contribution is 2.14. The maximum atomic E-state index is 12.0. The number of likely N-dealkylation sites (tertiary alicyclic amines) is 1. The Morgan fingerprint density at radius 1 is 1.11 bits per heavy atom. The summed E-state index contributed by atoms with van der Waals surface area (Å²) in [6.45, 7) is 3.46. The topological polar surface area (TPSA) is 40.5 Å². The first-order valence-electron chi connectivity index (χ1n) is 6.65. The van der Waals surface area contributed by atoms with E-state index in [1.54, 1.807) is 24.3 Å². The van der Waals surface area contributed by atoms with Gasteiger partial charge in [-0.25, -0.2) is 0 Å². The van der Waals surface area contributed by atoms with Crippen molar-refractivity contribution in [3.8, 4) is 5.75 Å². The van der Waals surface area contributed by atoms with Gasteiger partial charge in [0.2, 0.25) is 0 Å². The molecular weight excluding hydrogens is 246 g/mol. The van der Waals surface area contributed by atoms with Gasteiger partial charge in [-0.3, -0.25) is 4.21 Å². The molecule has 0 aliphatic carbocycles. The number of aromatic hydroxyl groups is 1. The van der Waals surface area contributed by atoms with Crippen LogP contribution < -0.4 is 0 Å². The van der Waals surface area contributed by atoms with Crippen molar-refractivity contribution in [2.45, 2.75) is 30.6 Å². The van der Waals surface area contributed by atoms with E-state index in [0.717, 1.165) is 17.9 Å². The molecule has 1 heterocycles. The summed E-state index contributed by atoms with van der Waals surface area (Å²) in [5.74, 6) is 0.936. The zero-order valence-electron chi connectivity index (χ0n) is 10.7. The molecule has 3 nitrogen and oxygen atoms in total. The fraction of sp³-hybridized carbons (Fsp3) is 0.571. The van der Waals surface area contributed by atoms with Crippen LogP contribution >= 0.6 is 0 Å². The van der Waals surface area contributed by atoms with E-state index in [9.17, 15) is 9.32 Å². The lowest BCUT2D eigenvalue weighted by atomic mass is 10.1. The summed E-state index contributed by atoms with van der Waals surface area (Å²) in [5, 5.41) is 9.18. The van der Waals surface area contributed by atoms with E-state index in [1.165, 1.54) is 32.4 Å². The lowest BCUT2D eigenvalue weighted by Gasteiger charge is -2.26. The Labute approximate surface area is 111 Å². The average Bonchev–Trinajstić information content (AvgIpc) is 2.40. The third kappa shape index (κ3) is 4.10. The van der Waals surface area contributed by atoms with E-state index in [-0.39, 0.29) is 5.75 Å². The first kappa shape index (κ1) is 13.6. The third-order valence-electron chi connectivity index (χ3n) is 3.35. The van der Waals surface area contributed by atoms with Crippen LogP contribution in [0.15, 0.2) is 29.2 Å². The van der Waals surface area contributed by atoms with Gasteiger partial charge in [0.05, 0.1) is 10.8 Å². The molecule has 1 fully saturated rings. The molecule has 0 bridgehead atoms. The van der Waals surface area contributed by atoms with Crippen LogP contribution in [0, 0.1) is 0 Å². The number of hydrogen-bond donors (Lipinski definition) is 1. The van der Waals surface area contributed by atoms with Crippen molar-refractivity contribution in [2.24, 2.45) is 0 Å². The van der Waals surface area contributed by atoms with Gasteiger partial charge in [0.15, 0.2) is 0 Å². The summed E-state index contributed by atoms with van der Waals surface area (Å²) in [6, 6.07) is 6.68. The van der Waals surface area contributed by atoms with Crippen LogP contribution in [0.4, 0.5) is 0 Å². The molecule has 1 unspecified atom stereocenters. The van der Waals surface area contributed by atoms with Crippen molar-refractivity contribution in [3.05, 3.63) is 24.3 Å². The van der Waals surface area contributed by atoms with E-state index in [1.807, 2.05) is 0 Å². The smallest absolute Gasteiger partial charge is 0.115 e. The summed E-state index contributed by atoms with van der Waals surface area (Å²) in [7, 11) is -0.934. The second kappa shape index (κ2) is 6.90. The van der Waals surface area contributed by atoms with Crippen LogP contribution in [0.1, 0.15) is 25.7 Å². The van der Waals surface area contributed by atoms with Crippen LogP contribution in [0.3, 0.4) is 0 Å². The third-order valence-corrected chi connectivity index (χ3v) is 4.81. The maximum absolute atomic E-state index is 12.0. The molecular formula is C14H21NO2S. The quantitative estimate of drug-likeness (QED) is 0.890. The van der Waals surface area contributed by atoms with Crippen LogP contribution in [-0.4, -0.2) is 39.6 Å². The predicted octanol–water partition coefficient (Wildman–Crippen LogP) is 2.38. The first-order valence-corrected chi connectivity index (χ1v) is 7.97. The number of piperidine rings is 1. The monoisotopic (exact) mass is 267 g/mol. The Morgan fingerprint density at radius 2 is 1.78 bits per heavy atom. The summed E-state index contributed by atoms with van der Waals surface area (Å²) < 4.78 is 12.0. The molecule has 1 aromatic carbocycles. The van der Waals surface area contributed by atoms with Crippen LogP contribution in [0.25, 0.3) is 0 Å². The van der Waals surface area contributed by atoms with Crippen molar-refractivity contribution >= 4 is 10.8 Å². The lowest BCUT2D eigenvalue weighted by Crippen LogP contribution is -2.31. The molecule has 2 rings (SSSR count). The molecule has 1 aliphatic rings. The van der Waals surface area contributed by atoms with E-state index in [4.69, 9.17) is 0 Å². The van der Waals surface area contributed by atoms with E-state index in [2.05, 4.69) is 4.90 Å². The molecule has 1 aromatic rings. The van der Waals surface area contributed by atoms with E-state index >= 15 is 0 Å². The minimum absolute atomic E-state index is 0.226. The van der Waals surface area contributed by atoms with Gasteiger partial charge in [0, 0.05) is 10.6 Å². The number of hydrogen-bond acceptors (Lipinski definition) is 3. The Kier molecular flexibility index (Phi) is 5.20. The molecule has 100 valence electrons. The van der Waals surface area contributed by atoms with Gasteiger partial charge >= 0.3 is 0 Å². The Bertz CT molecular complexity index is 385. The molecule has 1 aliphatic heterocycles. The minimum Gasteiger partial charge on any atom is -0.508 e. The Morgan fingerprint density at radius 3 is 2.44 bits per heavy atom. The molecule has 1 atom stereocenters. The van der Waals surface area contributed by atoms with Crippen molar-refractivity contribution in [1.29, 1.82) is 0 Å². The lowest BCUT2D eigenvalue weighted by molar-refractivity contribution is 0.230. The highest BCUT2D eigenvalue weighted by molar-refractivity contribution is 7.85. The molecule has 1 N–H and O–H groups in total. The van der Waals surface area contributed by atoms with E-state index in [0.29, 0.717) is 5.75 Å². The second-order valence-electron chi connectivity index (χ2n) is 4.80. The predicted molar refractivity (Wildman–Crippen MR) is 74.3 cm³/mol. The molecule has 0 spiro atoms. The van der Waals surface area contributed by atoms with Gasteiger partial charge in [-0.2, -0.15) is 0 Å². The summed E-state index contributed by atoms with van der Waals surface area (Å²) in [6.07, 6.45) is 4.95. The maximum Gasteiger partial charge on any atom is 0.115 e. The van der Waals surface area contributed by atoms with E-state index < -0.39 is 10.8 Å². The molecule has 0 amide bonds. The molecule has 0 saturated carbocycles. The van der Waals surface area contributed by atoms with Crippen LogP contribution in [0.2, 0.25) is 0 Å². The van der Waals surface area contributed by atoms with Gasteiger partial charge in [-0.05, 0) is 63.2 Å². The molecule has 0 radical (unpaired) electrons. The zero-order valence-corrected chi connectivity index (χ0v) is 11.5. The molecule has 0 aromatic heterocycles. The Balaban J connectivity index is 1.72. The fourth-order valence-electron chi connectivity index (χ4n) is 2.32. The summed E-state index contributed by atoms with van der Waals surface area (Å²) in [5.41, 5.74) is 0. The van der Waals surface area contributed by atoms with Gasteiger partial charge in [0.25, 0.3) is 0 Å². The molecule has 18 heavy (non-hydrogen) atoms. The van der Waals surface area contributed by atoms with Crippen molar-refractivity contribution in [3.63, 3.8) is 0 Å². The first-order chi connectivity index (χ1) is 8.75. The zero-order chi connectivity index (χ0) is 12.8. The number of benzene rings is 1. The largest absolute Gasteiger partial charge is 0.508 e. The molecule has 4 heteroatoms. The normalized spacial score (nSPS) is 18.7. The molecule has 1 saturated heterocycles. The second-order valence-corrected chi connectivity index (χ2v) is 6.37.